The minimum atomic E-state index is -4.76. The van der Waals surface area contributed by atoms with Crippen LogP contribution in [-0.4, -0.2) is 59.2 Å². The van der Waals surface area contributed by atoms with Gasteiger partial charge in [0.05, 0.1) is 46.2 Å². The van der Waals surface area contributed by atoms with Gasteiger partial charge in [-0.3, -0.25) is 9.59 Å². The minimum Gasteiger partial charge on any atom is -0.377 e. The first-order chi connectivity index (χ1) is 16.3. The summed E-state index contributed by atoms with van der Waals surface area (Å²) >= 11 is 0.901. The second-order valence-electron chi connectivity index (χ2n) is 7.18. The molecule has 4 rings (SSSR count). The van der Waals surface area contributed by atoms with Crippen molar-refractivity contribution >= 4 is 23.2 Å². The molecule has 0 aliphatic carbocycles. The highest BCUT2D eigenvalue weighted by molar-refractivity contribution is 7.17. The molecule has 1 aliphatic rings. The number of hydrogen-bond acceptors (Lipinski definition) is 8. The summed E-state index contributed by atoms with van der Waals surface area (Å²) in [6, 6.07) is 10.8. The zero-order valence-electron chi connectivity index (χ0n) is 17.3. The van der Waals surface area contributed by atoms with E-state index < -0.39 is 24.0 Å². The summed E-state index contributed by atoms with van der Waals surface area (Å²) in [5.41, 5.74) is 0.521. The van der Waals surface area contributed by atoms with Crippen molar-refractivity contribution in [2.24, 2.45) is 0 Å². The number of benzene rings is 1. The largest absolute Gasteiger partial charge is 0.471 e. The molecular weight excluding hydrogens is 475 g/mol. The number of aromatic nitrogens is 2. The Morgan fingerprint density at radius 2 is 2.06 bits per heavy atom. The number of carbonyl (C=O) groups excluding carboxylic acids is 2. The number of halogens is 3. The molecule has 1 aliphatic heterocycles. The van der Waals surface area contributed by atoms with Gasteiger partial charge in [0.25, 0.3) is 11.8 Å². The van der Waals surface area contributed by atoms with Crippen LogP contribution in [0.2, 0.25) is 0 Å². The first-order valence-electron chi connectivity index (χ1n) is 9.95. The summed E-state index contributed by atoms with van der Waals surface area (Å²) < 4.78 is 47.6. The number of carbonyl (C=O) groups is 2. The van der Waals surface area contributed by atoms with Gasteiger partial charge in [0.2, 0.25) is 5.82 Å². The standard InChI is InChI=1S/C21H16F3N5O4S/c22-21(23,24)20-27-17(28-33-20)15-5-6-16(34-15)18(30)26-10-13-11-32-8-7-29(13)19(31)14-4-2-1-3-12(14)9-25/h1-6,13H,7-8,10-11H2,(H,26,30). The molecule has 0 saturated carbocycles. The van der Waals surface area contributed by atoms with E-state index in [1.54, 1.807) is 29.2 Å². The average molecular weight is 491 g/mol. The molecule has 34 heavy (non-hydrogen) atoms. The van der Waals surface area contributed by atoms with Crippen LogP contribution in [0.3, 0.4) is 0 Å². The lowest BCUT2D eigenvalue weighted by Gasteiger charge is -2.35. The van der Waals surface area contributed by atoms with Gasteiger partial charge in [0.1, 0.15) is 0 Å². The van der Waals surface area contributed by atoms with Crippen molar-refractivity contribution in [2.45, 2.75) is 12.2 Å². The fraction of sp³-hybridized carbons (Fsp3) is 0.286. The average Bonchev–Trinajstić information content (AvgIpc) is 3.52. The Labute approximate surface area is 194 Å². The molecule has 9 nitrogen and oxygen atoms in total. The highest BCUT2D eigenvalue weighted by atomic mass is 32.1. The predicted molar refractivity (Wildman–Crippen MR) is 112 cm³/mol. The number of amides is 2. The molecule has 0 bridgehead atoms. The van der Waals surface area contributed by atoms with Gasteiger partial charge < -0.3 is 19.5 Å². The topological polar surface area (TPSA) is 121 Å². The van der Waals surface area contributed by atoms with Crippen molar-refractivity contribution in [2.75, 3.05) is 26.3 Å². The Balaban J connectivity index is 1.42. The number of rotatable bonds is 5. The fourth-order valence-corrected chi connectivity index (χ4v) is 4.18. The van der Waals surface area contributed by atoms with Gasteiger partial charge in [-0.15, -0.1) is 11.3 Å². The molecule has 1 fully saturated rings. The minimum absolute atomic E-state index is 0.0763. The van der Waals surface area contributed by atoms with Gasteiger partial charge in [0.15, 0.2) is 0 Å². The smallest absolute Gasteiger partial charge is 0.377 e. The van der Waals surface area contributed by atoms with Crippen LogP contribution in [0.25, 0.3) is 10.7 Å². The quantitative estimate of drug-likeness (QED) is 0.582. The van der Waals surface area contributed by atoms with E-state index in [-0.39, 0.29) is 45.8 Å². The van der Waals surface area contributed by atoms with Gasteiger partial charge >= 0.3 is 12.1 Å². The maximum atomic E-state index is 13.0. The number of nitriles is 1. The van der Waals surface area contributed by atoms with Crippen LogP contribution in [0.15, 0.2) is 40.9 Å². The Kier molecular flexibility index (Phi) is 6.62. The molecule has 176 valence electrons. The number of nitrogens with one attached hydrogen (secondary N) is 1. The number of hydrogen-bond donors (Lipinski definition) is 1. The van der Waals surface area contributed by atoms with E-state index in [4.69, 9.17) is 4.74 Å². The second kappa shape index (κ2) is 9.62. The number of ether oxygens (including phenoxy) is 1. The summed E-state index contributed by atoms with van der Waals surface area (Å²) in [7, 11) is 0. The summed E-state index contributed by atoms with van der Waals surface area (Å²) in [5.74, 6) is -2.56. The zero-order chi connectivity index (χ0) is 24.3. The lowest BCUT2D eigenvalue weighted by molar-refractivity contribution is -0.159. The molecule has 1 aromatic carbocycles. The van der Waals surface area contributed by atoms with Crippen molar-refractivity contribution in [1.82, 2.24) is 20.4 Å². The van der Waals surface area contributed by atoms with E-state index >= 15 is 0 Å². The van der Waals surface area contributed by atoms with Crippen LogP contribution in [-0.2, 0) is 10.9 Å². The van der Waals surface area contributed by atoms with Gasteiger partial charge in [-0.2, -0.15) is 23.4 Å². The summed E-state index contributed by atoms with van der Waals surface area (Å²) in [4.78, 5) is 31.0. The summed E-state index contributed by atoms with van der Waals surface area (Å²) in [6.07, 6.45) is -4.76. The van der Waals surface area contributed by atoms with Crippen LogP contribution >= 0.6 is 11.3 Å². The number of alkyl halides is 3. The Morgan fingerprint density at radius 3 is 2.79 bits per heavy atom. The van der Waals surface area contributed by atoms with Gasteiger partial charge in [-0.1, -0.05) is 17.3 Å². The second-order valence-corrected chi connectivity index (χ2v) is 8.26. The van der Waals surface area contributed by atoms with E-state index in [1.807, 2.05) is 6.07 Å². The SMILES string of the molecule is N#Cc1ccccc1C(=O)N1CCOCC1CNC(=O)c1ccc(-c2noc(C(F)(F)F)n2)s1. The van der Waals surface area contributed by atoms with Crippen molar-refractivity contribution in [3.8, 4) is 16.8 Å². The van der Waals surface area contributed by atoms with Crippen LogP contribution < -0.4 is 5.32 Å². The molecule has 0 spiro atoms. The van der Waals surface area contributed by atoms with E-state index in [0.717, 1.165) is 11.3 Å². The third kappa shape index (κ3) is 4.92. The van der Waals surface area contributed by atoms with Crippen molar-refractivity contribution in [3.05, 3.63) is 58.3 Å². The maximum absolute atomic E-state index is 13.0. The number of nitrogens with zero attached hydrogens (tertiary/aromatic N) is 4. The highest BCUT2D eigenvalue weighted by Gasteiger charge is 2.38. The van der Waals surface area contributed by atoms with Crippen molar-refractivity contribution in [1.29, 1.82) is 5.26 Å². The Morgan fingerprint density at radius 1 is 1.26 bits per heavy atom. The van der Waals surface area contributed by atoms with Crippen LogP contribution in [0, 0.1) is 11.3 Å². The summed E-state index contributed by atoms with van der Waals surface area (Å²) in [6.45, 7) is 0.887. The molecule has 3 heterocycles. The first-order valence-corrected chi connectivity index (χ1v) is 10.8. The number of morpholine rings is 1. The van der Waals surface area contributed by atoms with Gasteiger partial charge in [-0.25, -0.2) is 0 Å². The molecule has 1 unspecified atom stereocenters. The molecule has 0 radical (unpaired) electrons. The molecule has 1 atom stereocenters. The van der Waals surface area contributed by atoms with Gasteiger partial charge in [-0.05, 0) is 24.3 Å². The first kappa shape index (κ1) is 23.4. The third-order valence-electron chi connectivity index (χ3n) is 4.98. The predicted octanol–water partition coefficient (Wildman–Crippen LogP) is 2.96. The third-order valence-corrected chi connectivity index (χ3v) is 6.06. The molecule has 3 aromatic rings. The van der Waals surface area contributed by atoms with E-state index in [2.05, 4.69) is 20.0 Å². The van der Waals surface area contributed by atoms with E-state index in [0.29, 0.717) is 13.2 Å². The monoisotopic (exact) mass is 491 g/mol. The lowest BCUT2D eigenvalue weighted by Crippen LogP contribution is -2.53. The molecule has 13 heteroatoms. The molecule has 2 aromatic heterocycles. The van der Waals surface area contributed by atoms with Gasteiger partial charge in [0, 0.05) is 13.1 Å². The highest BCUT2D eigenvalue weighted by Crippen LogP contribution is 2.31. The van der Waals surface area contributed by atoms with Crippen molar-refractivity contribution < 1.29 is 32.0 Å². The molecule has 2 amide bonds. The Bertz CT molecular complexity index is 1250. The van der Waals surface area contributed by atoms with E-state index in [1.165, 1.54) is 12.1 Å². The van der Waals surface area contributed by atoms with Crippen LogP contribution in [0.1, 0.15) is 31.5 Å². The Hall–Kier alpha value is -3.76. The normalized spacial score (nSPS) is 16.2. The lowest BCUT2D eigenvalue weighted by atomic mass is 10.1. The molecular formula is C21H16F3N5O4S. The van der Waals surface area contributed by atoms with Crippen LogP contribution in [0.5, 0.6) is 0 Å². The fourth-order valence-electron chi connectivity index (χ4n) is 3.33. The number of thiophene rings is 1. The molecule has 1 saturated heterocycles. The zero-order valence-corrected chi connectivity index (χ0v) is 18.2. The maximum Gasteiger partial charge on any atom is 0.471 e. The molecule has 1 N–H and O–H groups in total. The van der Waals surface area contributed by atoms with Crippen molar-refractivity contribution in [3.63, 3.8) is 0 Å². The summed E-state index contributed by atoms with van der Waals surface area (Å²) in [5, 5.41) is 15.3. The van der Waals surface area contributed by atoms with Crippen LogP contribution in [0.4, 0.5) is 13.2 Å². The van der Waals surface area contributed by atoms with E-state index in [9.17, 15) is 28.0 Å².